The highest BCUT2D eigenvalue weighted by Crippen LogP contribution is 2.28. The van der Waals surface area contributed by atoms with Gasteiger partial charge < -0.3 is 5.32 Å². The lowest BCUT2D eigenvalue weighted by molar-refractivity contribution is 0.562. The first-order chi connectivity index (χ1) is 8.88. The summed E-state index contributed by atoms with van der Waals surface area (Å²) in [6, 6.07) is 8.67. The molecule has 5 heteroatoms. The highest BCUT2D eigenvalue weighted by Gasteiger charge is 2.15. The molecule has 2 N–H and O–H groups in total. The number of H-pyrrole nitrogens is 1. The Labute approximate surface area is 109 Å². The van der Waals surface area contributed by atoms with E-state index in [1.54, 1.807) is 17.7 Å². The molecule has 1 aromatic carbocycles. The Hall–Kier alpha value is -1.72. The highest BCUT2D eigenvalue weighted by atomic mass is 32.1. The molecule has 0 saturated heterocycles. The van der Waals surface area contributed by atoms with Crippen molar-refractivity contribution in [1.29, 1.82) is 0 Å². The zero-order valence-corrected chi connectivity index (χ0v) is 10.9. The first kappa shape index (κ1) is 11.4. The van der Waals surface area contributed by atoms with Gasteiger partial charge in [0.15, 0.2) is 0 Å². The van der Waals surface area contributed by atoms with Gasteiger partial charge in [0.05, 0.1) is 6.04 Å². The Bertz CT molecular complexity index is 629. The summed E-state index contributed by atoms with van der Waals surface area (Å²) in [7, 11) is 1.95. The van der Waals surface area contributed by atoms with E-state index in [4.69, 9.17) is 0 Å². The van der Waals surface area contributed by atoms with Crippen LogP contribution in [0.1, 0.15) is 17.4 Å². The minimum absolute atomic E-state index is 0.172. The molecule has 3 rings (SSSR count). The summed E-state index contributed by atoms with van der Waals surface area (Å²) in [5.41, 5.74) is 1.35. The van der Waals surface area contributed by atoms with Crippen LogP contribution in [0.25, 0.3) is 10.1 Å². The molecule has 0 fully saturated rings. The number of nitrogens with zero attached hydrogens (tertiary/aromatic N) is 2. The van der Waals surface area contributed by atoms with Crippen molar-refractivity contribution in [3.05, 3.63) is 47.4 Å². The molecule has 0 aliphatic heterocycles. The molecule has 18 heavy (non-hydrogen) atoms. The van der Waals surface area contributed by atoms with Crippen LogP contribution in [0.4, 0.5) is 0 Å². The molecule has 2 aromatic heterocycles. The summed E-state index contributed by atoms with van der Waals surface area (Å²) in [5.74, 6) is 0.882. The van der Waals surface area contributed by atoms with Crippen LogP contribution >= 0.6 is 11.3 Å². The summed E-state index contributed by atoms with van der Waals surface area (Å²) in [4.78, 5) is 4.22. The van der Waals surface area contributed by atoms with Gasteiger partial charge in [0, 0.05) is 4.70 Å². The van der Waals surface area contributed by atoms with Crippen LogP contribution in [-0.2, 0) is 6.42 Å². The summed E-state index contributed by atoms with van der Waals surface area (Å²) >= 11 is 1.79. The predicted molar refractivity (Wildman–Crippen MR) is 73.7 cm³/mol. The average Bonchev–Trinajstić information content (AvgIpc) is 3.06. The van der Waals surface area contributed by atoms with Gasteiger partial charge in [0.25, 0.3) is 0 Å². The maximum Gasteiger partial charge on any atom is 0.141 e. The standard InChI is InChI=1S/C13H14N4S/c1-14-11(13-15-8-16-17-13)6-9-7-18-12-5-3-2-4-10(9)12/h2-5,7-8,11,14H,6H2,1H3,(H,15,16,17). The fraction of sp³-hybridized carbons (Fsp3) is 0.231. The topological polar surface area (TPSA) is 53.6 Å². The van der Waals surface area contributed by atoms with Crippen LogP contribution in [0, 0.1) is 0 Å². The number of fused-ring (bicyclic) bond motifs is 1. The van der Waals surface area contributed by atoms with E-state index >= 15 is 0 Å². The minimum atomic E-state index is 0.172. The molecular formula is C13H14N4S. The van der Waals surface area contributed by atoms with Crippen LogP contribution in [-0.4, -0.2) is 22.2 Å². The number of benzene rings is 1. The Morgan fingerprint density at radius 3 is 3.06 bits per heavy atom. The molecule has 0 aliphatic carbocycles. The first-order valence-corrected chi connectivity index (χ1v) is 6.74. The van der Waals surface area contributed by atoms with Gasteiger partial charge in [0.2, 0.25) is 0 Å². The predicted octanol–water partition coefficient (Wildman–Crippen LogP) is 2.52. The largest absolute Gasteiger partial charge is 0.310 e. The number of likely N-dealkylation sites (N-methyl/N-ethyl adjacent to an activating group) is 1. The van der Waals surface area contributed by atoms with Crippen LogP contribution in [0.15, 0.2) is 36.0 Å². The second kappa shape index (κ2) is 4.88. The van der Waals surface area contributed by atoms with Crippen molar-refractivity contribution in [2.75, 3.05) is 7.05 Å². The third-order valence-electron chi connectivity index (χ3n) is 3.10. The first-order valence-electron chi connectivity index (χ1n) is 5.86. The Balaban J connectivity index is 1.91. The number of rotatable bonds is 4. The number of aromatic nitrogens is 3. The second-order valence-corrected chi connectivity index (χ2v) is 5.08. The van der Waals surface area contributed by atoms with Gasteiger partial charge in [-0.2, -0.15) is 5.10 Å². The lowest BCUT2D eigenvalue weighted by atomic mass is 10.0. The van der Waals surface area contributed by atoms with E-state index in [9.17, 15) is 0 Å². The van der Waals surface area contributed by atoms with E-state index in [1.165, 1.54) is 15.6 Å². The summed E-state index contributed by atoms with van der Waals surface area (Å²) in [6.45, 7) is 0. The molecule has 1 unspecified atom stereocenters. The van der Waals surface area contributed by atoms with Crippen molar-refractivity contribution >= 4 is 21.4 Å². The van der Waals surface area contributed by atoms with Crippen molar-refractivity contribution in [3.63, 3.8) is 0 Å². The van der Waals surface area contributed by atoms with Gasteiger partial charge >= 0.3 is 0 Å². The molecule has 0 bridgehead atoms. The van der Waals surface area contributed by atoms with Gasteiger partial charge in [-0.05, 0) is 35.9 Å². The zero-order chi connectivity index (χ0) is 12.4. The van der Waals surface area contributed by atoms with Crippen LogP contribution in [0.3, 0.4) is 0 Å². The summed E-state index contributed by atoms with van der Waals surface area (Å²) in [6.07, 6.45) is 2.46. The number of hydrogen-bond donors (Lipinski definition) is 2. The second-order valence-electron chi connectivity index (χ2n) is 4.17. The lowest BCUT2D eigenvalue weighted by Gasteiger charge is -2.12. The van der Waals surface area contributed by atoms with Gasteiger partial charge in [-0.3, -0.25) is 5.10 Å². The highest BCUT2D eigenvalue weighted by molar-refractivity contribution is 7.17. The van der Waals surface area contributed by atoms with Crippen LogP contribution in [0.2, 0.25) is 0 Å². The molecule has 0 amide bonds. The molecule has 1 atom stereocenters. The maximum absolute atomic E-state index is 4.22. The molecule has 0 radical (unpaired) electrons. The number of aromatic amines is 1. The molecule has 92 valence electrons. The van der Waals surface area contributed by atoms with Crippen LogP contribution < -0.4 is 5.32 Å². The van der Waals surface area contributed by atoms with E-state index < -0.39 is 0 Å². The smallest absolute Gasteiger partial charge is 0.141 e. The summed E-state index contributed by atoms with van der Waals surface area (Å²) < 4.78 is 1.33. The third-order valence-corrected chi connectivity index (χ3v) is 4.11. The van der Waals surface area contributed by atoms with E-state index in [-0.39, 0.29) is 6.04 Å². The molecule has 3 aromatic rings. The molecule has 4 nitrogen and oxygen atoms in total. The molecule has 0 aliphatic rings. The molecule has 2 heterocycles. The van der Waals surface area contributed by atoms with Gasteiger partial charge in [-0.15, -0.1) is 11.3 Å². The number of thiophene rings is 1. The Morgan fingerprint density at radius 1 is 1.39 bits per heavy atom. The summed E-state index contributed by atoms with van der Waals surface area (Å²) in [5, 5.41) is 13.7. The van der Waals surface area contributed by atoms with E-state index in [0.717, 1.165) is 12.2 Å². The monoisotopic (exact) mass is 258 g/mol. The molecule has 0 spiro atoms. The van der Waals surface area contributed by atoms with Crippen molar-refractivity contribution < 1.29 is 0 Å². The van der Waals surface area contributed by atoms with E-state index in [0.29, 0.717) is 0 Å². The average molecular weight is 258 g/mol. The van der Waals surface area contributed by atoms with Gasteiger partial charge in [-0.25, -0.2) is 4.98 Å². The maximum atomic E-state index is 4.22. The van der Waals surface area contributed by atoms with Crippen molar-refractivity contribution in [3.8, 4) is 0 Å². The molecular weight excluding hydrogens is 244 g/mol. The normalized spacial score (nSPS) is 12.9. The van der Waals surface area contributed by atoms with Crippen molar-refractivity contribution in [2.24, 2.45) is 0 Å². The number of nitrogens with one attached hydrogen (secondary N) is 2. The quantitative estimate of drug-likeness (QED) is 0.756. The SMILES string of the molecule is CNC(Cc1csc2ccccc12)c1ncn[nH]1. The van der Waals surface area contributed by atoms with Crippen molar-refractivity contribution in [1.82, 2.24) is 20.5 Å². The van der Waals surface area contributed by atoms with Crippen molar-refractivity contribution in [2.45, 2.75) is 12.5 Å². The Kier molecular flexibility index (Phi) is 3.08. The Morgan fingerprint density at radius 2 is 2.28 bits per heavy atom. The number of hydrogen-bond acceptors (Lipinski definition) is 4. The van der Waals surface area contributed by atoms with E-state index in [1.807, 2.05) is 7.05 Å². The minimum Gasteiger partial charge on any atom is -0.310 e. The lowest BCUT2D eigenvalue weighted by Crippen LogP contribution is -2.20. The zero-order valence-electron chi connectivity index (χ0n) is 10.1. The fourth-order valence-electron chi connectivity index (χ4n) is 2.13. The fourth-order valence-corrected chi connectivity index (χ4v) is 3.10. The van der Waals surface area contributed by atoms with E-state index in [2.05, 4.69) is 50.1 Å². The molecule has 0 saturated carbocycles. The third kappa shape index (κ3) is 2.02. The van der Waals surface area contributed by atoms with Crippen LogP contribution in [0.5, 0.6) is 0 Å². The van der Waals surface area contributed by atoms with Gasteiger partial charge in [-0.1, -0.05) is 18.2 Å². The van der Waals surface area contributed by atoms with Gasteiger partial charge in [0.1, 0.15) is 12.2 Å².